The topological polar surface area (TPSA) is 29.5 Å². The minimum absolute atomic E-state index is 0.326. The Labute approximate surface area is 75.2 Å². The van der Waals surface area contributed by atoms with Gasteiger partial charge in [-0.2, -0.15) is 0 Å². The monoisotopic (exact) mass is 172 g/mol. The molecule has 0 rings (SSSR count). The number of hydrogen-bond donors (Lipinski definition) is 1. The number of aliphatic hydroxyl groups excluding tert-OH is 1. The largest absolute Gasteiger partial charge is 0.391 e. The van der Waals surface area contributed by atoms with Crippen LogP contribution in [0.4, 0.5) is 0 Å². The lowest BCUT2D eigenvalue weighted by Gasteiger charge is -2.10. The molecule has 0 bridgehead atoms. The predicted molar refractivity (Wildman–Crippen MR) is 51.2 cm³/mol. The molecule has 0 aromatic rings. The van der Waals surface area contributed by atoms with Gasteiger partial charge in [-0.15, -0.1) is 6.58 Å². The van der Waals surface area contributed by atoms with E-state index in [9.17, 15) is 5.11 Å². The zero-order valence-electron chi connectivity index (χ0n) is 8.18. The molecule has 0 radical (unpaired) electrons. The maximum Gasteiger partial charge on any atom is 0.0776 e. The SMILES string of the molecule is C=C(C)CCC(O)COCCC. The van der Waals surface area contributed by atoms with Gasteiger partial charge < -0.3 is 9.84 Å². The first kappa shape index (κ1) is 11.7. The normalized spacial score (nSPS) is 12.9. The highest BCUT2D eigenvalue weighted by Gasteiger charge is 2.02. The van der Waals surface area contributed by atoms with E-state index >= 15 is 0 Å². The highest BCUT2D eigenvalue weighted by molar-refractivity contribution is 4.88. The number of allylic oxidation sites excluding steroid dienone is 1. The molecule has 0 saturated carbocycles. The molecule has 12 heavy (non-hydrogen) atoms. The summed E-state index contributed by atoms with van der Waals surface area (Å²) >= 11 is 0. The van der Waals surface area contributed by atoms with Gasteiger partial charge in [0.2, 0.25) is 0 Å². The number of aliphatic hydroxyl groups is 1. The number of hydrogen-bond acceptors (Lipinski definition) is 2. The van der Waals surface area contributed by atoms with Crippen molar-refractivity contribution in [3.63, 3.8) is 0 Å². The Kier molecular flexibility index (Phi) is 7.11. The van der Waals surface area contributed by atoms with Gasteiger partial charge in [0, 0.05) is 6.61 Å². The zero-order valence-corrected chi connectivity index (χ0v) is 8.18. The van der Waals surface area contributed by atoms with Crippen molar-refractivity contribution >= 4 is 0 Å². The molecule has 0 aliphatic carbocycles. The number of ether oxygens (including phenoxy) is 1. The highest BCUT2D eigenvalue weighted by Crippen LogP contribution is 2.04. The summed E-state index contributed by atoms with van der Waals surface area (Å²) in [5.74, 6) is 0. The van der Waals surface area contributed by atoms with E-state index in [1.54, 1.807) is 0 Å². The van der Waals surface area contributed by atoms with Gasteiger partial charge in [-0.1, -0.05) is 12.5 Å². The van der Waals surface area contributed by atoms with Gasteiger partial charge in [0.1, 0.15) is 0 Å². The van der Waals surface area contributed by atoms with Gasteiger partial charge >= 0.3 is 0 Å². The summed E-state index contributed by atoms with van der Waals surface area (Å²) in [6, 6.07) is 0. The minimum atomic E-state index is -0.326. The Bertz CT molecular complexity index is 121. The van der Waals surface area contributed by atoms with Crippen LogP contribution in [0.25, 0.3) is 0 Å². The van der Waals surface area contributed by atoms with Crippen LogP contribution >= 0.6 is 0 Å². The van der Waals surface area contributed by atoms with E-state index in [-0.39, 0.29) is 6.10 Å². The molecule has 0 amide bonds. The van der Waals surface area contributed by atoms with Crippen molar-refractivity contribution in [3.05, 3.63) is 12.2 Å². The van der Waals surface area contributed by atoms with E-state index in [4.69, 9.17) is 4.74 Å². The molecule has 0 heterocycles. The van der Waals surface area contributed by atoms with E-state index < -0.39 is 0 Å². The first-order valence-corrected chi connectivity index (χ1v) is 4.57. The van der Waals surface area contributed by atoms with Crippen LogP contribution in [0.1, 0.15) is 33.1 Å². The van der Waals surface area contributed by atoms with Crippen molar-refractivity contribution in [2.24, 2.45) is 0 Å². The lowest BCUT2D eigenvalue weighted by molar-refractivity contribution is 0.0331. The molecule has 1 N–H and O–H groups in total. The molecule has 2 nitrogen and oxygen atoms in total. The first-order valence-electron chi connectivity index (χ1n) is 4.57. The summed E-state index contributed by atoms with van der Waals surface area (Å²) in [4.78, 5) is 0. The molecular weight excluding hydrogens is 152 g/mol. The van der Waals surface area contributed by atoms with Gasteiger partial charge in [0.15, 0.2) is 0 Å². The molecule has 1 atom stereocenters. The minimum Gasteiger partial charge on any atom is -0.391 e. The Balaban J connectivity index is 3.21. The van der Waals surface area contributed by atoms with Crippen molar-refractivity contribution in [2.75, 3.05) is 13.2 Å². The van der Waals surface area contributed by atoms with Crippen molar-refractivity contribution in [1.29, 1.82) is 0 Å². The zero-order chi connectivity index (χ0) is 9.40. The average Bonchev–Trinajstić information content (AvgIpc) is 2.01. The second kappa shape index (κ2) is 7.32. The third-order valence-corrected chi connectivity index (χ3v) is 1.56. The first-order chi connectivity index (χ1) is 5.66. The highest BCUT2D eigenvalue weighted by atomic mass is 16.5. The van der Waals surface area contributed by atoms with Crippen molar-refractivity contribution in [1.82, 2.24) is 0 Å². The Morgan fingerprint density at radius 1 is 1.58 bits per heavy atom. The van der Waals surface area contributed by atoms with Crippen LogP contribution in [0.15, 0.2) is 12.2 Å². The molecule has 72 valence electrons. The molecule has 0 aromatic heterocycles. The summed E-state index contributed by atoms with van der Waals surface area (Å²) < 4.78 is 5.20. The van der Waals surface area contributed by atoms with Gasteiger partial charge in [-0.05, 0) is 26.2 Å². The predicted octanol–water partition coefficient (Wildman–Crippen LogP) is 2.13. The molecule has 0 fully saturated rings. The fraction of sp³-hybridized carbons (Fsp3) is 0.800. The molecule has 2 heteroatoms. The maximum atomic E-state index is 9.36. The van der Waals surface area contributed by atoms with Crippen LogP contribution in [0, 0.1) is 0 Å². The Hall–Kier alpha value is -0.340. The summed E-state index contributed by atoms with van der Waals surface area (Å²) in [7, 11) is 0. The smallest absolute Gasteiger partial charge is 0.0776 e. The van der Waals surface area contributed by atoms with Crippen molar-refractivity contribution < 1.29 is 9.84 Å². The van der Waals surface area contributed by atoms with E-state index in [0.29, 0.717) is 6.61 Å². The Morgan fingerprint density at radius 3 is 2.75 bits per heavy atom. The molecule has 0 aromatic carbocycles. The lowest BCUT2D eigenvalue weighted by atomic mass is 10.1. The second-order valence-electron chi connectivity index (χ2n) is 3.22. The van der Waals surface area contributed by atoms with Crippen LogP contribution < -0.4 is 0 Å². The van der Waals surface area contributed by atoms with E-state index in [0.717, 1.165) is 31.4 Å². The van der Waals surface area contributed by atoms with Gasteiger partial charge in [0.25, 0.3) is 0 Å². The van der Waals surface area contributed by atoms with Crippen LogP contribution in [0.3, 0.4) is 0 Å². The molecule has 0 saturated heterocycles. The molecule has 0 spiro atoms. The summed E-state index contributed by atoms with van der Waals surface area (Å²) in [5, 5.41) is 9.36. The van der Waals surface area contributed by atoms with Crippen LogP contribution in [-0.2, 0) is 4.74 Å². The number of rotatable bonds is 7. The second-order valence-corrected chi connectivity index (χ2v) is 3.22. The Morgan fingerprint density at radius 2 is 2.25 bits per heavy atom. The molecule has 0 aliphatic heterocycles. The fourth-order valence-electron chi connectivity index (χ4n) is 0.860. The molecule has 0 aliphatic rings. The average molecular weight is 172 g/mol. The van der Waals surface area contributed by atoms with Crippen LogP contribution in [0.2, 0.25) is 0 Å². The third-order valence-electron chi connectivity index (χ3n) is 1.56. The molecular formula is C10H20O2. The van der Waals surface area contributed by atoms with E-state index in [1.807, 2.05) is 6.92 Å². The van der Waals surface area contributed by atoms with Crippen molar-refractivity contribution in [2.45, 2.75) is 39.2 Å². The van der Waals surface area contributed by atoms with Gasteiger partial charge in [-0.25, -0.2) is 0 Å². The summed E-state index contributed by atoms with van der Waals surface area (Å²) in [5.41, 5.74) is 1.12. The molecule has 1 unspecified atom stereocenters. The summed E-state index contributed by atoms with van der Waals surface area (Å²) in [6.07, 6.45) is 2.33. The summed E-state index contributed by atoms with van der Waals surface area (Å²) in [6.45, 7) is 9.00. The van der Waals surface area contributed by atoms with E-state index in [2.05, 4.69) is 13.5 Å². The standard InChI is InChI=1S/C10H20O2/c1-4-7-12-8-10(11)6-5-9(2)3/h10-11H,2,4-8H2,1,3H3. The van der Waals surface area contributed by atoms with Crippen LogP contribution in [0.5, 0.6) is 0 Å². The van der Waals surface area contributed by atoms with E-state index in [1.165, 1.54) is 0 Å². The van der Waals surface area contributed by atoms with Gasteiger partial charge in [0.05, 0.1) is 12.7 Å². The maximum absolute atomic E-state index is 9.36. The fourth-order valence-corrected chi connectivity index (χ4v) is 0.860. The quantitative estimate of drug-likeness (QED) is 0.471. The van der Waals surface area contributed by atoms with Crippen molar-refractivity contribution in [3.8, 4) is 0 Å². The van der Waals surface area contributed by atoms with Crippen LogP contribution in [-0.4, -0.2) is 24.4 Å². The third kappa shape index (κ3) is 7.76. The lowest BCUT2D eigenvalue weighted by Crippen LogP contribution is -2.15. The van der Waals surface area contributed by atoms with Gasteiger partial charge in [-0.3, -0.25) is 0 Å².